The van der Waals surface area contributed by atoms with Crippen LogP contribution in [0.5, 0.6) is 17.2 Å². The lowest BCUT2D eigenvalue weighted by Crippen LogP contribution is -2.09. The van der Waals surface area contributed by atoms with Crippen molar-refractivity contribution in [2.75, 3.05) is 34.2 Å². The van der Waals surface area contributed by atoms with Crippen LogP contribution in [0, 0.1) is 0 Å². The quantitative estimate of drug-likeness (QED) is 0.187. The highest BCUT2D eigenvalue weighted by Crippen LogP contribution is 2.44. The first-order valence-corrected chi connectivity index (χ1v) is 11.4. The van der Waals surface area contributed by atoms with Crippen LogP contribution in [0.4, 0.5) is 0 Å². The molecule has 0 aliphatic carbocycles. The second-order valence-electron chi connectivity index (χ2n) is 7.77. The summed E-state index contributed by atoms with van der Waals surface area (Å²) in [4.78, 5) is 16.9. The van der Waals surface area contributed by atoms with Gasteiger partial charge in [0.2, 0.25) is 0 Å². The van der Waals surface area contributed by atoms with Crippen molar-refractivity contribution in [3.63, 3.8) is 0 Å². The second-order valence-corrected chi connectivity index (χ2v) is 7.77. The summed E-state index contributed by atoms with van der Waals surface area (Å²) in [6.07, 6.45) is 10.8. The summed E-state index contributed by atoms with van der Waals surface area (Å²) in [5.41, 5.74) is 3.55. The fourth-order valence-corrected chi connectivity index (χ4v) is 3.89. The Morgan fingerprint density at radius 1 is 1.24 bits per heavy atom. The van der Waals surface area contributed by atoms with Gasteiger partial charge in [-0.2, -0.15) is 0 Å². The van der Waals surface area contributed by atoms with Crippen LogP contribution in [0.2, 0.25) is 0 Å². The van der Waals surface area contributed by atoms with E-state index in [0.717, 1.165) is 43.4 Å². The number of benzene rings is 1. The molecule has 0 N–H and O–H groups in total. The topological polar surface area (TPSA) is 76.1 Å². The van der Waals surface area contributed by atoms with Crippen molar-refractivity contribution >= 4 is 12.0 Å². The first-order chi connectivity index (χ1) is 16.2. The highest BCUT2D eigenvalue weighted by atomic mass is 16.7. The number of hydrogen-bond donors (Lipinski definition) is 0. The number of fused-ring (bicyclic) bond motifs is 1. The largest absolute Gasteiger partial charge is 0.492 e. The molecule has 0 spiro atoms. The summed E-state index contributed by atoms with van der Waals surface area (Å²) in [6, 6.07) is 5.96. The van der Waals surface area contributed by atoms with E-state index in [0.29, 0.717) is 42.3 Å². The highest BCUT2D eigenvalue weighted by Gasteiger charge is 2.25. The average Bonchev–Trinajstić information content (AvgIpc) is 3.30. The van der Waals surface area contributed by atoms with Crippen molar-refractivity contribution in [1.82, 2.24) is 4.98 Å². The summed E-state index contributed by atoms with van der Waals surface area (Å²) in [6.45, 7) is 2.81. The summed E-state index contributed by atoms with van der Waals surface area (Å²) in [5.74, 6) is 1.50. The zero-order valence-electron chi connectivity index (χ0n) is 19.7. The van der Waals surface area contributed by atoms with Crippen LogP contribution in [-0.2, 0) is 27.1 Å². The van der Waals surface area contributed by atoms with E-state index in [1.807, 2.05) is 31.3 Å². The van der Waals surface area contributed by atoms with Gasteiger partial charge in [0.1, 0.15) is 5.75 Å². The SMILES string of the molecule is CCOC(=O)/C(=C\c1c2c(cc(OCOC)c1OC)CCO2)CCCCCc1cccnc1. The molecule has 2 aromatic rings. The van der Waals surface area contributed by atoms with Crippen LogP contribution in [0.15, 0.2) is 36.2 Å². The summed E-state index contributed by atoms with van der Waals surface area (Å²) >= 11 is 0. The smallest absolute Gasteiger partial charge is 0.334 e. The molecule has 33 heavy (non-hydrogen) atoms. The Bertz CT molecular complexity index is 942. The lowest BCUT2D eigenvalue weighted by molar-refractivity contribution is -0.138. The van der Waals surface area contributed by atoms with Crippen LogP contribution in [-0.4, -0.2) is 45.2 Å². The van der Waals surface area contributed by atoms with Gasteiger partial charge in [0.05, 0.1) is 25.9 Å². The molecule has 1 aromatic heterocycles. The van der Waals surface area contributed by atoms with Gasteiger partial charge in [-0.15, -0.1) is 0 Å². The van der Waals surface area contributed by atoms with E-state index in [-0.39, 0.29) is 12.8 Å². The van der Waals surface area contributed by atoms with Crippen LogP contribution < -0.4 is 14.2 Å². The lowest BCUT2D eigenvalue weighted by Gasteiger charge is -2.17. The number of nitrogens with zero attached hydrogens (tertiary/aromatic N) is 1. The van der Waals surface area contributed by atoms with Gasteiger partial charge in [-0.05, 0) is 56.4 Å². The van der Waals surface area contributed by atoms with E-state index in [9.17, 15) is 4.79 Å². The molecule has 1 aliphatic heterocycles. The van der Waals surface area contributed by atoms with Crippen molar-refractivity contribution in [2.24, 2.45) is 0 Å². The van der Waals surface area contributed by atoms with E-state index in [1.165, 1.54) is 5.56 Å². The molecule has 0 radical (unpaired) electrons. The number of carbonyl (C=O) groups is 1. The van der Waals surface area contributed by atoms with E-state index in [1.54, 1.807) is 20.4 Å². The second kappa shape index (κ2) is 12.8. The first-order valence-electron chi connectivity index (χ1n) is 11.4. The molecule has 2 heterocycles. The Morgan fingerprint density at radius 2 is 2.12 bits per heavy atom. The van der Waals surface area contributed by atoms with Crippen molar-refractivity contribution in [2.45, 2.75) is 45.4 Å². The molecule has 0 fully saturated rings. The normalized spacial score (nSPS) is 12.8. The highest BCUT2D eigenvalue weighted by molar-refractivity contribution is 5.95. The molecule has 7 heteroatoms. The van der Waals surface area contributed by atoms with Crippen LogP contribution >= 0.6 is 0 Å². The standard InChI is InChI=1S/C26H33NO6/c1-4-31-26(28)21(11-7-5-6-9-19-10-8-13-27-17-19)15-22-24-20(12-14-32-24)16-23(25(22)30-3)33-18-29-2/h8,10,13,15-17H,4-7,9,11-12,14,18H2,1-3H3/b21-15-. The minimum Gasteiger partial charge on any atom is -0.492 e. The molecule has 0 saturated carbocycles. The fourth-order valence-electron chi connectivity index (χ4n) is 3.89. The molecule has 0 bridgehead atoms. The predicted octanol–water partition coefficient (Wildman–Crippen LogP) is 4.76. The molecule has 0 amide bonds. The van der Waals surface area contributed by atoms with Crippen molar-refractivity contribution in [1.29, 1.82) is 0 Å². The van der Waals surface area contributed by atoms with E-state index >= 15 is 0 Å². The zero-order chi connectivity index (χ0) is 23.5. The van der Waals surface area contributed by atoms with Crippen LogP contribution in [0.1, 0.15) is 49.3 Å². The van der Waals surface area contributed by atoms with Gasteiger partial charge in [0.25, 0.3) is 0 Å². The Morgan fingerprint density at radius 3 is 2.85 bits per heavy atom. The van der Waals surface area contributed by atoms with Gasteiger partial charge < -0.3 is 23.7 Å². The fraction of sp³-hybridized carbons (Fsp3) is 0.462. The number of rotatable bonds is 13. The van der Waals surface area contributed by atoms with Gasteiger partial charge in [0.15, 0.2) is 18.3 Å². The number of ether oxygens (including phenoxy) is 5. The Kier molecular flexibility index (Phi) is 9.57. The summed E-state index contributed by atoms with van der Waals surface area (Å²) < 4.78 is 27.7. The number of hydrogen-bond acceptors (Lipinski definition) is 7. The third-order valence-electron chi connectivity index (χ3n) is 5.45. The molecule has 0 saturated heterocycles. The molecule has 0 atom stereocenters. The minimum absolute atomic E-state index is 0.0980. The van der Waals surface area contributed by atoms with Gasteiger partial charge in [-0.3, -0.25) is 4.98 Å². The number of pyridine rings is 1. The molecule has 1 aromatic carbocycles. The van der Waals surface area contributed by atoms with Gasteiger partial charge in [0, 0.05) is 37.1 Å². The summed E-state index contributed by atoms with van der Waals surface area (Å²) in [5, 5.41) is 0. The van der Waals surface area contributed by atoms with Gasteiger partial charge >= 0.3 is 5.97 Å². The lowest BCUT2D eigenvalue weighted by atomic mass is 9.99. The molecular weight excluding hydrogens is 422 g/mol. The number of carbonyl (C=O) groups excluding carboxylic acids is 1. The first kappa shape index (κ1) is 24.6. The average molecular weight is 456 g/mol. The number of unbranched alkanes of at least 4 members (excludes halogenated alkanes) is 2. The van der Waals surface area contributed by atoms with Crippen LogP contribution in [0.3, 0.4) is 0 Å². The van der Waals surface area contributed by atoms with E-state index in [2.05, 4.69) is 11.1 Å². The Balaban J connectivity index is 1.80. The maximum absolute atomic E-state index is 12.8. The number of methoxy groups -OCH3 is 2. The zero-order valence-corrected chi connectivity index (χ0v) is 19.7. The van der Waals surface area contributed by atoms with Crippen LogP contribution in [0.25, 0.3) is 6.08 Å². The van der Waals surface area contributed by atoms with Crippen molar-refractivity contribution in [3.8, 4) is 17.2 Å². The minimum atomic E-state index is -0.318. The molecule has 7 nitrogen and oxygen atoms in total. The van der Waals surface area contributed by atoms with E-state index in [4.69, 9.17) is 23.7 Å². The number of aryl methyl sites for hydroxylation is 1. The van der Waals surface area contributed by atoms with Gasteiger partial charge in [-0.25, -0.2) is 4.79 Å². The molecular formula is C26H33NO6. The van der Waals surface area contributed by atoms with Crippen molar-refractivity contribution in [3.05, 3.63) is 52.9 Å². The third-order valence-corrected chi connectivity index (χ3v) is 5.45. The third kappa shape index (κ3) is 6.71. The van der Waals surface area contributed by atoms with Crippen molar-refractivity contribution < 1.29 is 28.5 Å². The van der Waals surface area contributed by atoms with Gasteiger partial charge in [-0.1, -0.05) is 12.5 Å². The maximum atomic E-state index is 12.8. The monoisotopic (exact) mass is 455 g/mol. The molecule has 0 unspecified atom stereocenters. The predicted molar refractivity (Wildman–Crippen MR) is 126 cm³/mol. The Labute approximate surface area is 195 Å². The molecule has 1 aliphatic rings. The summed E-state index contributed by atoms with van der Waals surface area (Å²) in [7, 11) is 3.15. The van der Waals surface area contributed by atoms with E-state index < -0.39 is 0 Å². The molecule has 178 valence electrons. The number of esters is 1. The maximum Gasteiger partial charge on any atom is 0.334 e. The molecule has 3 rings (SSSR count). The Hall–Kier alpha value is -3.06. The number of aromatic nitrogens is 1.